The van der Waals surface area contributed by atoms with Crippen molar-refractivity contribution in [1.29, 1.82) is 0 Å². The third-order valence-electron chi connectivity index (χ3n) is 3.08. The zero-order valence-electron chi connectivity index (χ0n) is 12.4. The minimum absolute atomic E-state index is 0. The molecule has 0 saturated heterocycles. The smallest absolute Gasteiger partial charge is 0.119 e. The lowest BCUT2D eigenvalue weighted by molar-refractivity contribution is 0.0552. The molecule has 122 valence electrons. The van der Waals surface area contributed by atoms with Crippen LogP contribution in [0.15, 0.2) is 24.3 Å². The first-order valence-corrected chi connectivity index (χ1v) is 7.03. The van der Waals surface area contributed by atoms with Crippen LogP contribution in [-0.2, 0) is 6.42 Å². The number of ether oxygens (including phenoxy) is 1. The van der Waals surface area contributed by atoms with E-state index in [1.165, 1.54) is 5.56 Å². The number of nitrogens with zero attached hydrogens (tertiary/aromatic N) is 1. The lowest BCUT2D eigenvalue weighted by atomic mass is 10.2. The lowest BCUT2D eigenvalue weighted by Crippen LogP contribution is -2.38. The summed E-state index contributed by atoms with van der Waals surface area (Å²) in [5, 5.41) is 27.7. The van der Waals surface area contributed by atoms with Crippen molar-refractivity contribution in [3.63, 3.8) is 0 Å². The highest BCUT2D eigenvalue weighted by Gasteiger charge is 2.11. The summed E-state index contributed by atoms with van der Waals surface area (Å²) >= 11 is 0. The molecular weight excluding hydrogens is 294 g/mol. The number of aliphatic hydroxyl groups is 3. The molecule has 1 aromatic rings. The molecule has 1 rings (SSSR count). The van der Waals surface area contributed by atoms with E-state index in [1.807, 2.05) is 24.3 Å². The van der Waals surface area contributed by atoms with Gasteiger partial charge in [-0.3, -0.25) is 4.90 Å². The largest absolute Gasteiger partial charge is 0.491 e. The normalized spacial score (nSPS) is 12.0. The van der Waals surface area contributed by atoms with Crippen LogP contribution in [0.5, 0.6) is 5.75 Å². The van der Waals surface area contributed by atoms with E-state index >= 15 is 0 Å². The van der Waals surface area contributed by atoms with E-state index < -0.39 is 6.10 Å². The van der Waals surface area contributed by atoms with E-state index in [0.717, 1.165) is 12.2 Å². The zero-order valence-corrected chi connectivity index (χ0v) is 13.3. The Morgan fingerprint density at radius 2 is 1.67 bits per heavy atom. The SMILES string of the molecule is CCc1ccc(OCC(O)CN(CCO)CCO)cc1.Cl. The van der Waals surface area contributed by atoms with Crippen molar-refractivity contribution < 1.29 is 20.1 Å². The first-order chi connectivity index (χ1) is 9.69. The summed E-state index contributed by atoms with van der Waals surface area (Å²) in [6.07, 6.45) is 0.333. The fourth-order valence-electron chi connectivity index (χ4n) is 1.94. The molecule has 0 fully saturated rings. The summed E-state index contributed by atoms with van der Waals surface area (Å²) in [6.45, 7) is 3.53. The van der Waals surface area contributed by atoms with E-state index in [-0.39, 0.29) is 32.2 Å². The van der Waals surface area contributed by atoms with E-state index in [4.69, 9.17) is 14.9 Å². The first-order valence-electron chi connectivity index (χ1n) is 7.03. The number of benzene rings is 1. The van der Waals surface area contributed by atoms with Crippen molar-refractivity contribution in [3.8, 4) is 5.75 Å². The Morgan fingerprint density at radius 1 is 1.10 bits per heavy atom. The second kappa shape index (κ2) is 11.8. The van der Waals surface area contributed by atoms with Crippen molar-refractivity contribution in [3.05, 3.63) is 29.8 Å². The molecule has 0 saturated carbocycles. The molecule has 1 unspecified atom stereocenters. The molecule has 1 atom stereocenters. The van der Waals surface area contributed by atoms with Gasteiger partial charge in [0.25, 0.3) is 0 Å². The van der Waals surface area contributed by atoms with Gasteiger partial charge in [-0.15, -0.1) is 12.4 Å². The van der Waals surface area contributed by atoms with Crippen molar-refractivity contribution in [2.75, 3.05) is 39.5 Å². The van der Waals surface area contributed by atoms with Crippen molar-refractivity contribution in [2.45, 2.75) is 19.4 Å². The molecule has 1 aromatic carbocycles. The first kappa shape index (κ1) is 20.1. The minimum Gasteiger partial charge on any atom is -0.491 e. The maximum Gasteiger partial charge on any atom is 0.119 e. The summed E-state index contributed by atoms with van der Waals surface area (Å²) in [5.74, 6) is 0.733. The van der Waals surface area contributed by atoms with E-state index in [1.54, 1.807) is 4.90 Å². The lowest BCUT2D eigenvalue weighted by Gasteiger charge is -2.23. The van der Waals surface area contributed by atoms with Gasteiger partial charge in [-0.25, -0.2) is 0 Å². The van der Waals surface area contributed by atoms with Gasteiger partial charge in [-0.1, -0.05) is 19.1 Å². The van der Waals surface area contributed by atoms with E-state index in [2.05, 4.69) is 6.92 Å². The molecule has 0 bridgehead atoms. The Morgan fingerprint density at radius 3 is 2.14 bits per heavy atom. The van der Waals surface area contributed by atoms with Gasteiger partial charge in [0, 0.05) is 19.6 Å². The third-order valence-corrected chi connectivity index (χ3v) is 3.08. The average molecular weight is 320 g/mol. The summed E-state index contributed by atoms with van der Waals surface area (Å²) in [5.41, 5.74) is 1.25. The van der Waals surface area contributed by atoms with Crippen LogP contribution in [0.4, 0.5) is 0 Å². The molecule has 0 aromatic heterocycles. The van der Waals surface area contributed by atoms with Gasteiger partial charge >= 0.3 is 0 Å². The highest BCUT2D eigenvalue weighted by Crippen LogP contribution is 2.12. The molecular formula is C15H26ClNO4. The van der Waals surface area contributed by atoms with Gasteiger partial charge in [0.15, 0.2) is 0 Å². The topological polar surface area (TPSA) is 73.2 Å². The average Bonchev–Trinajstić information content (AvgIpc) is 2.46. The fraction of sp³-hybridized carbons (Fsp3) is 0.600. The highest BCUT2D eigenvalue weighted by molar-refractivity contribution is 5.85. The summed E-state index contributed by atoms with van der Waals surface area (Å²) in [4.78, 5) is 1.80. The highest BCUT2D eigenvalue weighted by atomic mass is 35.5. The quantitative estimate of drug-likeness (QED) is 0.592. The number of hydrogen-bond donors (Lipinski definition) is 3. The minimum atomic E-state index is -0.654. The van der Waals surface area contributed by atoms with Gasteiger partial charge < -0.3 is 20.1 Å². The standard InChI is InChI=1S/C15H25NO4.ClH/c1-2-13-3-5-15(6-4-13)20-12-14(19)11-16(7-9-17)8-10-18;/h3-6,14,17-19H,2,7-12H2,1H3;1H. The van der Waals surface area contributed by atoms with Crippen molar-refractivity contribution in [2.24, 2.45) is 0 Å². The molecule has 0 aliphatic rings. The monoisotopic (exact) mass is 319 g/mol. The number of hydrogen-bond acceptors (Lipinski definition) is 5. The molecule has 0 spiro atoms. The van der Waals surface area contributed by atoms with Crippen molar-refractivity contribution >= 4 is 12.4 Å². The van der Waals surface area contributed by atoms with Gasteiger partial charge in [0.05, 0.1) is 13.2 Å². The van der Waals surface area contributed by atoms with Crippen LogP contribution in [0, 0.1) is 0 Å². The van der Waals surface area contributed by atoms with E-state index in [0.29, 0.717) is 19.6 Å². The number of halogens is 1. The van der Waals surface area contributed by atoms with Crippen LogP contribution in [0.1, 0.15) is 12.5 Å². The summed E-state index contributed by atoms with van der Waals surface area (Å²) in [6, 6.07) is 7.80. The van der Waals surface area contributed by atoms with E-state index in [9.17, 15) is 5.11 Å². The molecule has 0 radical (unpaired) electrons. The second-order valence-corrected chi connectivity index (χ2v) is 4.71. The fourth-order valence-corrected chi connectivity index (χ4v) is 1.94. The van der Waals surface area contributed by atoms with Gasteiger partial charge in [0.1, 0.15) is 18.5 Å². The van der Waals surface area contributed by atoms with Gasteiger partial charge in [-0.05, 0) is 24.1 Å². The molecule has 21 heavy (non-hydrogen) atoms. The van der Waals surface area contributed by atoms with Crippen LogP contribution in [-0.4, -0.2) is 65.8 Å². The van der Waals surface area contributed by atoms with Gasteiger partial charge in [0.2, 0.25) is 0 Å². The molecule has 0 aliphatic heterocycles. The van der Waals surface area contributed by atoms with Crippen LogP contribution < -0.4 is 4.74 Å². The molecule has 0 heterocycles. The summed E-state index contributed by atoms with van der Waals surface area (Å²) < 4.78 is 5.52. The molecule has 0 aliphatic carbocycles. The molecule has 3 N–H and O–H groups in total. The third kappa shape index (κ3) is 8.24. The Bertz CT molecular complexity index is 355. The molecule has 0 amide bonds. The number of rotatable bonds is 10. The maximum atomic E-state index is 9.91. The van der Waals surface area contributed by atoms with Crippen molar-refractivity contribution in [1.82, 2.24) is 4.90 Å². The van der Waals surface area contributed by atoms with Crippen LogP contribution in [0.3, 0.4) is 0 Å². The van der Waals surface area contributed by atoms with Crippen LogP contribution in [0.2, 0.25) is 0 Å². The van der Waals surface area contributed by atoms with Crippen LogP contribution in [0.25, 0.3) is 0 Å². The Balaban J connectivity index is 0.00000400. The number of aliphatic hydroxyl groups excluding tert-OH is 3. The molecule has 5 nitrogen and oxygen atoms in total. The van der Waals surface area contributed by atoms with Crippen LogP contribution >= 0.6 is 12.4 Å². The zero-order chi connectivity index (χ0) is 14.8. The molecule has 6 heteroatoms. The van der Waals surface area contributed by atoms with Gasteiger partial charge in [-0.2, -0.15) is 0 Å². The summed E-state index contributed by atoms with van der Waals surface area (Å²) in [7, 11) is 0. The Kier molecular flexibility index (Phi) is 11.3. The maximum absolute atomic E-state index is 9.91. The Hall–Kier alpha value is -0.850. The number of aryl methyl sites for hydroxylation is 1. The Labute approximate surface area is 132 Å². The predicted octanol–water partition coefficient (Wildman–Crippen LogP) is 0.697. The predicted molar refractivity (Wildman–Crippen MR) is 85.2 cm³/mol. The second-order valence-electron chi connectivity index (χ2n) is 4.71.